The molecule has 1 aliphatic rings. The number of rotatable bonds is 2. The van der Waals surface area contributed by atoms with E-state index in [0.717, 1.165) is 12.8 Å². The predicted molar refractivity (Wildman–Crippen MR) is 59.8 cm³/mol. The number of hydrazone groups is 1. The third kappa shape index (κ3) is 4.03. The van der Waals surface area contributed by atoms with Gasteiger partial charge in [-0.1, -0.05) is 12.2 Å². The van der Waals surface area contributed by atoms with Crippen molar-refractivity contribution in [2.24, 2.45) is 11.0 Å². The summed E-state index contributed by atoms with van der Waals surface area (Å²) in [5.74, 6) is 0.567. The van der Waals surface area contributed by atoms with Crippen LogP contribution in [0.5, 0.6) is 0 Å². The molecule has 0 amide bonds. The van der Waals surface area contributed by atoms with E-state index in [-0.39, 0.29) is 0 Å². The van der Waals surface area contributed by atoms with Gasteiger partial charge < -0.3 is 5.32 Å². The molecular weight excluding hydrogens is 182 g/mol. The normalized spacial score (nSPS) is 21.8. The molecule has 72 valence electrons. The highest BCUT2D eigenvalue weighted by Gasteiger charge is 2.05. The van der Waals surface area contributed by atoms with Crippen LogP contribution in [0.15, 0.2) is 17.3 Å². The Kier molecular flexibility index (Phi) is 4.46. The van der Waals surface area contributed by atoms with Crippen LogP contribution < -0.4 is 10.7 Å². The summed E-state index contributed by atoms with van der Waals surface area (Å²) in [6.07, 6.45) is 9.80. The summed E-state index contributed by atoms with van der Waals surface area (Å²) >= 11 is 4.87. The molecule has 0 fully saturated rings. The van der Waals surface area contributed by atoms with Crippen LogP contribution in [0.2, 0.25) is 0 Å². The Morgan fingerprint density at radius 1 is 1.62 bits per heavy atom. The van der Waals surface area contributed by atoms with E-state index in [1.165, 1.54) is 6.42 Å². The van der Waals surface area contributed by atoms with Crippen molar-refractivity contribution in [2.45, 2.75) is 19.3 Å². The molecule has 1 aliphatic carbocycles. The first-order chi connectivity index (χ1) is 6.33. The molecule has 0 heterocycles. The Balaban J connectivity index is 2.23. The summed E-state index contributed by atoms with van der Waals surface area (Å²) in [4.78, 5) is 0. The number of allylic oxidation sites excluding steroid dienone is 2. The van der Waals surface area contributed by atoms with Gasteiger partial charge in [0.1, 0.15) is 0 Å². The summed E-state index contributed by atoms with van der Waals surface area (Å²) in [5.41, 5.74) is 2.75. The van der Waals surface area contributed by atoms with Crippen LogP contribution in [0.1, 0.15) is 19.3 Å². The third-order valence-corrected chi connectivity index (χ3v) is 2.28. The lowest BCUT2D eigenvalue weighted by Gasteiger charge is -2.11. The first-order valence-electron chi connectivity index (χ1n) is 4.49. The van der Waals surface area contributed by atoms with Gasteiger partial charge in [-0.25, -0.2) is 0 Å². The fourth-order valence-corrected chi connectivity index (χ4v) is 1.26. The lowest BCUT2D eigenvalue weighted by atomic mass is 9.96. The highest BCUT2D eigenvalue weighted by atomic mass is 32.1. The fourth-order valence-electron chi connectivity index (χ4n) is 1.21. The summed E-state index contributed by atoms with van der Waals surface area (Å²) in [6.45, 7) is 0. The minimum Gasteiger partial charge on any atom is -0.364 e. The van der Waals surface area contributed by atoms with Gasteiger partial charge in [0, 0.05) is 13.3 Å². The molecular formula is C9H15N3S. The average molecular weight is 197 g/mol. The summed E-state index contributed by atoms with van der Waals surface area (Å²) < 4.78 is 0. The second kappa shape index (κ2) is 5.70. The maximum Gasteiger partial charge on any atom is 0.186 e. The van der Waals surface area contributed by atoms with E-state index in [2.05, 4.69) is 28.0 Å². The molecule has 3 nitrogen and oxygen atoms in total. The Labute approximate surface area is 84.3 Å². The van der Waals surface area contributed by atoms with Gasteiger partial charge in [0.25, 0.3) is 0 Å². The highest BCUT2D eigenvalue weighted by Crippen LogP contribution is 2.15. The molecule has 0 radical (unpaired) electrons. The molecule has 0 bridgehead atoms. The molecule has 0 saturated heterocycles. The monoisotopic (exact) mass is 197 g/mol. The van der Waals surface area contributed by atoms with Gasteiger partial charge in [-0.3, -0.25) is 5.43 Å². The lowest BCUT2D eigenvalue weighted by Crippen LogP contribution is -2.28. The smallest absolute Gasteiger partial charge is 0.186 e. The van der Waals surface area contributed by atoms with Crippen molar-refractivity contribution in [1.82, 2.24) is 10.7 Å². The van der Waals surface area contributed by atoms with E-state index in [1.807, 2.05) is 6.21 Å². The van der Waals surface area contributed by atoms with E-state index in [1.54, 1.807) is 7.05 Å². The van der Waals surface area contributed by atoms with Crippen molar-refractivity contribution < 1.29 is 0 Å². The Morgan fingerprint density at radius 2 is 2.46 bits per heavy atom. The van der Waals surface area contributed by atoms with Gasteiger partial charge in [-0.15, -0.1) is 0 Å². The van der Waals surface area contributed by atoms with Gasteiger partial charge in [0.15, 0.2) is 5.11 Å². The zero-order valence-corrected chi connectivity index (χ0v) is 8.60. The lowest BCUT2D eigenvalue weighted by molar-refractivity contribution is 0.624. The first-order valence-corrected chi connectivity index (χ1v) is 4.89. The molecule has 0 aromatic carbocycles. The molecule has 4 heteroatoms. The van der Waals surface area contributed by atoms with Crippen molar-refractivity contribution >= 4 is 23.5 Å². The van der Waals surface area contributed by atoms with Gasteiger partial charge in [-0.05, 0) is 37.4 Å². The fraction of sp³-hybridized carbons (Fsp3) is 0.556. The summed E-state index contributed by atoms with van der Waals surface area (Å²) in [6, 6.07) is 0. The van der Waals surface area contributed by atoms with Gasteiger partial charge in [-0.2, -0.15) is 5.10 Å². The van der Waals surface area contributed by atoms with E-state index in [0.29, 0.717) is 11.0 Å². The molecule has 1 atom stereocenters. The Hall–Kier alpha value is -0.900. The maximum atomic E-state index is 4.87. The number of thiocarbonyl (C=S) groups is 1. The number of hydrogen-bond donors (Lipinski definition) is 2. The Morgan fingerprint density at radius 3 is 3.08 bits per heavy atom. The van der Waals surface area contributed by atoms with Crippen LogP contribution in [-0.4, -0.2) is 18.4 Å². The molecule has 0 spiro atoms. The van der Waals surface area contributed by atoms with E-state index in [4.69, 9.17) is 12.2 Å². The van der Waals surface area contributed by atoms with E-state index < -0.39 is 0 Å². The van der Waals surface area contributed by atoms with Crippen LogP contribution in [0, 0.1) is 5.92 Å². The summed E-state index contributed by atoms with van der Waals surface area (Å²) in [5, 5.41) is 7.41. The molecule has 13 heavy (non-hydrogen) atoms. The molecule has 0 aromatic rings. The zero-order valence-electron chi connectivity index (χ0n) is 7.79. The summed E-state index contributed by atoms with van der Waals surface area (Å²) in [7, 11) is 1.77. The van der Waals surface area contributed by atoms with Crippen LogP contribution in [0.25, 0.3) is 0 Å². The molecule has 1 unspecified atom stereocenters. The number of hydrogen-bond acceptors (Lipinski definition) is 2. The quantitative estimate of drug-likeness (QED) is 0.304. The van der Waals surface area contributed by atoms with Crippen molar-refractivity contribution in [2.75, 3.05) is 7.05 Å². The third-order valence-electron chi connectivity index (χ3n) is 1.99. The van der Waals surface area contributed by atoms with E-state index >= 15 is 0 Å². The predicted octanol–water partition coefficient (Wildman–Crippen LogP) is 1.42. The molecule has 2 N–H and O–H groups in total. The maximum absolute atomic E-state index is 4.87. The minimum atomic E-state index is 0.558. The van der Waals surface area contributed by atoms with Crippen molar-refractivity contribution in [3.05, 3.63) is 12.2 Å². The number of nitrogens with one attached hydrogen (secondary N) is 2. The number of nitrogens with zero attached hydrogens (tertiary/aromatic N) is 1. The largest absolute Gasteiger partial charge is 0.364 e. The van der Waals surface area contributed by atoms with Crippen LogP contribution in [0.3, 0.4) is 0 Å². The molecule has 0 saturated carbocycles. The topological polar surface area (TPSA) is 36.4 Å². The average Bonchev–Trinajstić information content (AvgIpc) is 2.19. The van der Waals surface area contributed by atoms with Crippen LogP contribution in [-0.2, 0) is 0 Å². The second-order valence-corrected chi connectivity index (χ2v) is 3.42. The Bertz CT molecular complexity index is 223. The molecule has 1 rings (SSSR count). The standard InChI is InChI=1S/C9H15N3S/c1-10-9(13)12-11-7-8-5-3-2-4-6-8/h2-3,7-8H,4-6H2,1H3,(H2,10,12,13)/b11-7+. The zero-order chi connectivity index (χ0) is 9.52. The van der Waals surface area contributed by atoms with Crippen molar-refractivity contribution in [1.29, 1.82) is 0 Å². The molecule has 0 aromatic heterocycles. The minimum absolute atomic E-state index is 0.558. The first kappa shape index (κ1) is 10.2. The molecule has 0 aliphatic heterocycles. The van der Waals surface area contributed by atoms with Gasteiger partial charge in [0.05, 0.1) is 0 Å². The van der Waals surface area contributed by atoms with E-state index in [9.17, 15) is 0 Å². The van der Waals surface area contributed by atoms with Crippen molar-refractivity contribution in [3.63, 3.8) is 0 Å². The second-order valence-electron chi connectivity index (χ2n) is 3.01. The van der Waals surface area contributed by atoms with Crippen molar-refractivity contribution in [3.8, 4) is 0 Å². The van der Waals surface area contributed by atoms with Gasteiger partial charge in [0.2, 0.25) is 0 Å². The highest BCUT2D eigenvalue weighted by molar-refractivity contribution is 7.80. The SMILES string of the molecule is CNC(=S)N/N=C/C1CC=CCC1. The van der Waals surface area contributed by atoms with Crippen LogP contribution in [0.4, 0.5) is 0 Å². The van der Waals surface area contributed by atoms with Gasteiger partial charge >= 0.3 is 0 Å². The van der Waals surface area contributed by atoms with Crippen LogP contribution >= 0.6 is 12.2 Å².